The van der Waals surface area contributed by atoms with Crippen molar-refractivity contribution in [2.75, 3.05) is 7.11 Å². The van der Waals surface area contributed by atoms with Crippen LogP contribution in [0.3, 0.4) is 0 Å². The molecular formula is C37H23ClF12O5S3. The van der Waals surface area contributed by atoms with Crippen molar-refractivity contribution in [2.24, 2.45) is 0 Å². The van der Waals surface area contributed by atoms with Crippen molar-refractivity contribution < 1.29 is 75.2 Å². The van der Waals surface area contributed by atoms with Crippen LogP contribution in [0.25, 0.3) is 0 Å². The minimum Gasteiger partial charge on any atom is -0.743 e. The summed E-state index contributed by atoms with van der Waals surface area (Å²) >= 11 is 7.87. The van der Waals surface area contributed by atoms with Crippen LogP contribution in [0.2, 0.25) is 5.02 Å². The zero-order valence-electron chi connectivity index (χ0n) is 28.7. The number of ether oxygens (including phenoxy) is 1. The first-order chi connectivity index (χ1) is 26.7. The van der Waals surface area contributed by atoms with Gasteiger partial charge in [-0.05, 0) is 91.0 Å². The van der Waals surface area contributed by atoms with Crippen molar-refractivity contribution in [3.05, 3.63) is 143 Å². The predicted octanol–water partition coefficient (Wildman–Crippen LogP) is 11.8. The Bertz CT molecular complexity index is 2310. The van der Waals surface area contributed by atoms with Gasteiger partial charge in [-0.25, -0.2) is 8.42 Å². The van der Waals surface area contributed by atoms with E-state index in [9.17, 15) is 70.5 Å². The van der Waals surface area contributed by atoms with Gasteiger partial charge >= 0.3 is 29.5 Å². The Kier molecular flexibility index (Phi) is 13.9. The summed E-state index contributed by atoms with van der Waals surface area (Å²) in [5.41, 5.74) is 0.317. The normalized spacial score (nSPS) is 13.3. The molecule has 0 N–H and O–H groups in total. The first-order valence-corrected chi connectivity index (χ1v) is 19.4. The van der Waals surface area contributed by atoms with Crippen molar-refractivity contribution in [1.29, 1.82) is 0 Å². The Morgan fingerprint density at radius 1 is 0.655 bits per heavy atom. The Hall–Kier alpha value is -4.37. The van der Waals surface area contributed by atoms with Gasteiger partial charge in [-0.15, -0.1) is 0 Å². The molecule has 5 nitrogen and oxygen atoms in total. The lowest BCUT2D eigenvalue weighted by Crippen LogP contribution is -2.63. The highest BCUT2D eigenvalue weighted by atomic mass is 35.5. The van der Waals surface area contributed by atoms with E-state index in [2.05, 4.69) is 0 Å². The average Bonchev–Trinajstić information content (AvgIpc) is 3.16. The number of methoxy groups -OCH3 is 1. The molecule has 0 heterocycles. The summed E-state index contributed by atoms with van der Waals surface area (Å²) in [6, 6.07) is 35.2. The number of hydrogen-bond donors (Lipinski definition) is 0. The third-order valence-electron chi connectivity index (χ3n) is 7.66. The number of carbonyl (C=O) groups is 1. The monoisotopic (exact) mass is 906 g/mol. The number of halogens is 13. The standard InChI is InChI=1S/C33H23ClF3O2S2.C4HF9O3S/c1-39-24-9-16-28(17-10-24)41(27-14-7-23(8-15-27)33(35,36)37)29-18-11-25(12-19-29)40-26-13-20-31(34)30(21-26)32(38)22-5-3-2-4-6-22;5-1(6,3(9,10)11)2(7,8)4(12,13)17(14,15)16/h2-21H,1H3;(H,14,15,16)/q+1;/p-1. The number of rotatable bonds is 11. The fourth-order valence-electron chi connectivity index (χ4n) is 4.68. The van der Waals surface area contributed by atoms with Crippen LogP contribution in [0.1, 0.15) is 21.5 Å². The van der Waals surface area contributed by atoms with E-state index in [0.29, 0.717) is 21.9 Å². The third-order valence-corrected chi connectivity index (χ3v) is 12.1. The maximum absolute atomic E-state index is 13.2. The lowest BCUT2D eigenvalue weighted by Gasteiger charge is -2.34. The molecule has 0 aromatic heterocycles. The third kappa shape index (κ3) is 10.1. The lowest BCUT2D eigenvalue weighted by atomic mass is 10.0. The van der Waals surface area contributed by atoms with Crippen LogP contribution in [0, 0.1) is 0 Å². The molecule has 0 saturated heterocycles. The van der Waals surface area contributed by atoms with Crippen molar-refractivity contribution in [3.63, 3.8) is 0 Å². The number of alkyl halides is 12. The van der Waals surface area contributed by atoms with Gasteiger partial charge < -0.3 is 9.29 Å². The fraction of sp³-hybridized carbons (Fsp3) is 0.162. The molecule has 0 aliphatic rings. The van der Waals surface area contributed by atoms with Crippen LogP contribution in [0.5, 0.6) is 5.75 Å². The SMILES string of the molecule is COc1ccc([S+](c2ccc(Sc3ccc(Cl)c(C(=O)c4ccccc4)c3)cc2)c2ccc(C(F)(F)F)cc2)cc1.O=S(=O)([O-])C(F)(F)C(F)(F)C(F)(F)C(F)(F)F. The maximum atomic E-state index is 13.2. The first kappa shape index (κ1) is 46.3. The van der Waals surface area contributed by atoms with Gasteiger partial charge in [0.1, 0.15) is 5.75 Å². The average molecular weight is 907 g/mol. The molecule has 0 radical (unpaired) electrons. The highest BCUT2D eigenvalue weighted by molar-refractivity contribution is 7.99. The van der Waals surface area contributed by atoms with Crippen LogP contribution in [-0.4, -0.2) is 49.1 Å². The maximum Gasteiger partial charge on any atom is 0.460 e. The molecule has 0 spiro atoms. The largest absolute Gasteiger partial charge is 0.743 e. The molecule has 5 aromatic carbocycles. The summed E-state index contributed by atoms with van der Waals surface area (Å²) in [5, 5.41) is -6.72. The van der Waals surface area contributed by atoms with Gasteiger partial charge in [0.2, 0.25) is 0 Å². The number of ketones is 1. The molecule has 0 fully saturated rings. The molecular weight excluding hydrogens is 884 g/mol. The molecule has 1 unspecified atom stereocenters. The van der Waals surface area contributed by atoms with Gasteiger partial charge in [0.15, 0.2) is 30.6 Å². The molecule has 310 valence electrons. The highest BCUT2D eigenvalue weighted by Crippen LogP contribution is 2.54. The quantitative estimate of drug-likeness (QED) is 0.0568. The second kappa shape index (κ2) is 17.5. The zero-order valence-corrected chi connectivity index (χ0v) is 31.9. The Balaban J connectivity index is 0.000000371. The number of carbonyl (C=O) groups excluding carboxylic acids is 1. The predicted molar refractivity (Wildman–Crippen MR) is 189 cm³/mol. The molecule has 5 aromatic rings. The van der Waals surface area contributed by atoms with Crippen LogP contribution in [-0.2, 0) is 27.2 Å². The van der Waals surface area contributed by atoms with Crippen molar-refractivity contribution >= 4 is 50.2 Å². The van der Waals surface area contributed by atoms with Gasteiger partial charge in [0.25, 0.3) is 0 Å². The van der Waals surface area contributed by atoms with Crippen molar-refractivity contribution in [1.82, 2.24) is 0 Å². The van der Waals surface area contributed by atoms with Gasteiger partial charge in [0.05, 0.1) is 28.6 Å². The molecule has 5 rings (SSSR count). The van der Waals surface area contributed by atoms with E-state index in [4.69, 9.17) is 16.3 Å². The molecule has 0 amide bonds. The highest BCUT2D eigenvalue weighted by Gasteiger charge is 2.83. The fourth-order valence-corrected chi connectivity index (χ4v) is 8.23. The molecule has 0 aliphatic heterocycles. The van der Waals surface area contributed by atoms with E-state index in [1.807, 2.05) is 72.8 Å². The van der Waals surface area contributed by atoms with Crippen LogP contribution >= 0.6 is 23.4 Å². The molecule has 1 atom stereocenters. The summed E-state index contributed by atoms with van der Waals surface area (Å²) in [4.78, 5) is 17.5. The van der Waals surface area contributed by atoms with E-state index >= 15 is 0 Å². The van der Waals surface area contributed by atoms with E-state index in [0.717, 1.165) is 36.6 Å². The second-order valence-electron chi connectivity index (χ2n) is 11.5. The summed E-state index contributed by atoms with van der Waals surface area (Å²) in [7, 11) is -6.47. The Labute approximate surface area is 334 Å². The van der Waals surface area contributed by atoms with Gasteiger partial charge in [0, 0.05) is 20.9 Å². The van der Waals surface area contributed by atoms with Crippen LogP contribution in [0.4, 0.5) is 52.7 Å². The minimum absolute atomic E-state index is 0.145. The van der Waals surface area contributed by atoms with Crippen LogP contribution in [0.15, 0.2) is 146 Å². The van der Waals surface area contributed by atoms with Gasteiger partial charge in [-0.3, -0.25) is 4.79 Å². The van der Waals surface area contributed by atoms with E-state index in [1.54, 1.807) is 31.4 Å². The Morgan fingerprint density at radius 2 is 1.12 bits per heavy atom. The summed E-state index contributed by atoms with van der Waals surface area (Å²) in [6.45, 7) is 0. The van der Waals surface area contributed by atoms with Gasteiger partial charge in [-0.2, -0.15) is 52.7 Å². The summed E-state index contributed by atoms with van der Waals surface area (Å²) in [6.07, 6.45) is -11.6. The lowest BCUT2D eigenvalue weighted by molar-refractivity contribution is -0.382. The van der Waals surface area contributed by atoms with E-state index < -0.39 is 56.0 Å². The van der Waals surface area contributed by atoms with E-state index in [1.165, 1.54) is 23.9 Å². The zero-order chi connectivity index (χ0) is 43.5. The smallest absolute Gasteiger partial charge is 0.460 e. The Morgan fingerprint density at radius 3 is 1.57 bits per heavy atom. The second-order valence-corrected chi connectivity index (χ2v) is 16.5. The van der Waals surface area contributed by atoms with Crippen molar-refractivity contribution in [3.8, 4) is 5.75 Å². The summed E-state index contributed by atoms with van der Waals surface area (Å²) in [5.74, 6) is -14.3. The molecule has 58 heavy (non-hydrogen) atoms. The molecule has 0 bridgehead atoms. The van der Waals surface area contributed by atoms with Gasteiger partial charge in [-0.1, -0.05) is 53.7 Å². The number of hydrogen-bond acceptors (Lipinski definition) is 6. The number of benzene rings is 5. The van der Waals surface area contributed by atoms with Crippen LogP contribution < -0.4 is 4.74 Å². The summed E-state index contributed by atoms with van der Waals surface area (Å²) < 4.78 is 180. The minimum atomic E-state index is -7.43. The molecule has 0 aliphatic carbocycles. The molecule has 0 saturated carbocycles. The first-order valence-electron chi connectivity index (χ1n) is 15.6. The topological polar surface area (TPSA) is 83.5 Å². The van der Waals surface area contributed by atoms with E-state index in [-0.39, 0.29) is 5.78 Å². The van der Waals surface area contributed by atoms with Crippen molar-refractivity contribution in [2.45, 2.75) is 53.9 Å². The molecule has 21 heteroatoms.